The van der Waals surface area contributed by atoms with Gasteiger partial charge < -0.3 is 0 Å². The topological polar surface area (TPSA) is 9.72 Å². The Morgan fingerprint density at radius 1 is 0.667 bits per heavy atom. The fourth-order valence-electron chi connectivity index (χ4n) is 3.05. The molecule has 108 valence electrons. The molecule has 0 amide bonds. The van der Waals surface area contributed by atoms with Crippen LogP contribution in [0.2, 0.25) is 0 Å². The third kappa shape index (κ3) is 3.23. The van der Waals surface area contributed by atoms with Gasteiger partial charge in [0.2, 0.25) is 0 Å². The minimum atomic E-state index is -1.89. The van der Waals surface area contributed by atoms with Crippen molar-refractivity contribution in [2.45, 2.75) is 41.5 Å². The summed E-state index contributed by atoms with van der Waals surface area (Å²) in [6.07, 6.45) is 0. The molecule has 0 fully saturated rings. The van der Waals surface area contributed by atoms with Gasteiger partial charge in [-0.2, -0.15) is 0 Å². The van der Waals surface area contributed by atoms with Gasteiger partial charge in [-0.15, -0.1) is 6.58 Å². The molecule has 3 nitrogen and oxygen atoms in total. The maximum Gasteiger partial charge on any atom is 0.315 e. The molecule has 0 aliphatic heterocycles. The molecule has 0 aliphatic carbocycles. The molecule has 0 N–H and O–H groups in total. The van der Waals surface area contributed by atoms with E-state index < -0.39 is 8.56 Å². The zero-order valence-corrected chi connectivity index (χ0v) is 14.4. The molecule has 0 radical (unpaired) electrons. The molecule has 0 rings (SSSR count). The van der Waals surface area contributed by atoms with E-state index in [4.69, 9.17) is 0 Å². The lowest BCUT2D eigenvalue weighted by atomic mass is 10.6. The minimum Gasteiger partial charge on any atom is -0.297 e. The standard InChI is InChI=1S/C14H33N3Si/c1-8-15(9-2)18(14-7,16(10-3)11-4)17(12-5)13-6/h14H,7-13H2,1-6H3. The van der Waals surface area contributed by atoms with Crippen LogP contribution in [0, 0.1) is 0 Å². The van der Waals surface area contributed by atoms with Gasteiger partial charge in [0, 0.05) is 0 Å². The Labute approximate surface area is 116 Å². The molecule has 0 saturated heterocycles. The van der Waals surface area contributed by atoms with E-state index in [9.17, 15) is 0 Å². The Morgan fingerprint density at radius 2 is 0.889 bits per heavy atom. The molecular formula is C14H33N3Si. The molecule has 0 unspecified atom stereocenters. The predicted octanol–water partition coefficient (Wildman–Crippen LogP) is 2.68. The van der Waals surface area contributed by atoms with E-state index in [0.29, 0.717) is 0 Å². The highest BCUT2D eigenvalue weighted by molar-refractivity contribution is 6.76. The maximum absolute atomic E-state index is 4.22. The van der Waals surface area contributed by atoms with Crippen LogP contribution in [0.1, 0.15) is 41.5 Å². The summed E-state index contributed by atoms with van der Waals surface area (Å²) in [5, 5.41) is 0. The first-order valence-corrected chi connectivity index (χ1v) is 9.43. The van der Waals surface area contributed by atoms with Crippen molar-refractivity contribution < 1.29 is 0 Å². The third-order valence-electron chi connectivity index (χ3n) is 3.96. The van der Waals surface area contributed by atoms with Crippen LogP contribution < -0.4 is 0 Å². The second-order valence-corrected chi connectivity index (χ2v) is 8.09. The fraction of sp³-hybridized carbons (Fsp3) is 0.857. The summed E-state index contributed by atoms with van der Waals surface area (Å²) < 4.78 is 7.92. The van der Waals surface area contributed by atoms with Crippen molar-refractivity contribution in [1.29, 1.82) is 0 Å². The van der Waals surface area contributed by atoms with Gasteiger partial charge in [-0.05, 0) is 39.3 Å². The van der Waals surface area contributed by atoms with Crippen molar-refractivity contribution in [3.05, 3.63) is 12.3 Å². The van der Waals surface area contributed by atoms with Gasteiger partial charge in [0.25, 0.3) is 0 Å². The summed E-state index contributed by atoms with van der Waals surface area (Å²) in [4.78, 5) is 0. The van der Waals surface area contributed by atoms with Crippen molar-refractivity contribution >= 4 is 8.56 Å². The van der Waals surface area contributed by atoms with Crippen LogP contribution in [-0.2, 0) is 0 Å². The Morgan fingerprint density at radius 3 is 1.00 bits per heavy atom. The van der Waals surface area contributed by atoms with Crippen molar-refractivity contribution in [1.82, 2.24) is 13.7 Å². The average Bonchev–Trinajstić information content (AvgIpc) is 2.41. The molecule has 0 spiro atoms. The molecule has 0 atom stereocenters. The first kappa shape index (κ1) is 17.8. The highest BCUT2D eigenvalue weighted by atomic mass is 28.4. The Kier molecular flexibility index (Phi) is 8.78. The summed E-state index contributed by atoms with van der Waals surface area (Å²) in [5.41, 5.74) is 2.26. The highest BCUT2D eigenvalue weighted by Gasteiger charge is 2.45. The first-order valence-electron chi connectivity index (χ1n) is 7.51. The summed E-state index contributed by atoms with van der Waals surface area (Å²) in [7, 11) is -1.89. The normalized spacial score (nSPS) is 12.7. The minimum absolute atomic E-state index is 1.10. The van der Waals surface area contributed by atoms with Gasteiger partial charge in [-0.25, -0.2) is 0 Å². The maximum atomic E-state index is 4.22. The van der Waals surface area contributed by atoms with Crippen LogP contribution in [0.15, 0.2) is 12.3 Å². The molecule has 0 aliphatic rings. The van der Waals surface area contributed by atoms with Gasteiger partial charge in [-0.3, -0.25) is 13.7 Å². The van der Waals surface area contributed by atoms with E-state index in [1.165, 1.54) is 0 Å². The second kappa shape index (κ2) is 8.86. The molecular weight excluding hydrogens is 238 g/mol. The largest absolute Gasteiger partial charge is 0.315 e. The van der Waals surface area contributed by atoms with E-state index in [1.807, 2.05) is 0 Å². The molecule has 18 heavy (non-hydrogen) atoms. The van der Waals surface area contributed by atoms with E-state index in [1.54, 1.807) is 0 Å². The predicted molar refractivity (Wildman–Crippen MR) is 84.7 cm³/mol. The lowest BCUT2D eigenvalue weighted by Gasteiger charge is -2.51. The number of nitrogens with zero attached hydrogens (tertiary/aromatic N) is 3. The van der Waals surface area contributed by atoms with Crippen molar-refractivity contribution in [2.75, 3.05) is 39.3 Å². The molecule has 0 heterocycles. The summed E-state index contributed by atoms with van der Waals surface area (Å²) in [6.45, 7) is 24.4. The number of hydrogen-bond donors (Lipinski definition) is 0. The van der Waals surface area contributed by atoms with E-state index in [0.717, 1.165) is 39.3 Å². The average molecular weight is 272 g/mol. The molecule has 0 aromatic carbocycles. The van der Waals surface area contributed by atoms with Crippen LogP contribution in [0.4, 0.5) is 0 Å². The third-order valence-corrected chi connectivity index (χ3v) is 9.20. The van der Waals surface area contributed by atoms with Crippen molar-refractivity contribution in [3.63, 3.8) is 0 Å². The van der Waals surface area contributed by atoms with Crippen molar-refractivity contribution in [3.8, 4) is 0 Å². The monoisotopic (exact) mass is 271 g/mol. The van der Waals surface area contributed by atoms with Crippen LogP contribution in [-0.4, -0.2) is 61.5 Å². The van der Waals surface area contributed by atoms with Crippen LogP contribution >= 0.6 is 0 Å². The second-order valence-electron chi connectivity index (χ2n) is 4.41. The van der Waals surface area contributed by atoms with E-state index >= 15 is 0 Å². The Bertz CT molecular complexity index is 190. The molecule has 0 saturated carbocycles. The van der Waals surface area contributed by atoms with E-state index in [2.05, 4.69) is 67.5 Å². The smallest absolute Gasteiger partial charge is 0.297 e. The molecule has 0 bridgehead atoms. The molecule has 0 aromatic heterocycles. The lowest BCUT2D eigenvalue weighted by molar-refractivity contribution is 0.274. The zero-order chi connectivity index (χ0) is 14.2. The van der Waals surface area contributed by atoms with Crippen LogP contribution in [0.5, 0.6) is 0 Å². The molecule has 4 heteroatoms. The van der Waals surface area contributed by atoms with Gasteiger partial charge >= 0.3 is 8.56 Å². The van der Waals surface area contributed by atoms with Gasteiger partial charge in [-0.1, -0.05) is 47.2 Å². The number of rotatable bonds is 10. The van der Waals surface area contributed by atoms with Gasteiger partial charge in [0.1, 0.15) is 0 Å². The number of hydrogen-bond acceptors (Lipinski definition) is 3. The Balaban J connectivity index is 5.63. The summed E-state index contributed by atoms with van der Waals surface area (Å²) in [6, 6.07) is 0. The first-order chi connectivity index (χ1) is 8.62. The van der Waals surface area contributed by atoms with Crippen LogP contribution in [0.3, 0.4) is 0 Å². The molecule has 0 aromatic rings. The summed E-state index contributed by atoms with van der Waals surface area (Å²) >= 11 is 0. The van der Waals surface area contributed by atoms with Gasteiger partial charge in [0.05, 0.1) is 0 Å². The van der Waals surface area contributed by atoms with Gasteiger partial charge in [0.15, 0.2) is 0 Å². The quantitative estimate of drug-likeness (QED) is 0.566. The van der Waals surface area contributed by atoms with Crippen LogP contribution in [0.25, 0.3) is 0 Å². The summed E-state index contributed by atoms with van der Waals surface area (Å²) in [5.74, 6) is 0. The highest BCUT2D eigenvalue weighted by Crippen LogP contribution is 2.21. The SMILES string of the molecule is C=C[Si](N(CC)CC)(N(CC)CC)N(CC)CC. The zero-order valence-electron chi connectivity index (χ0n) is 13.4. The fourth-order valence-corrected chi connectivity index (χ4v) is 7.82. The van der Waals surface area contributed by atoms with E-state index in [-0.39, 0.29) is 0 Å². The lowest BCUT2D eigenvalue weighted by Crippen LogP contribution is -2.74. The Hall–Kier alpha value is -0.163. The van der Waals surface area contributed by atoms with Crippen molar-refractivity contribution in [2.24, 2.45) is 0 Å².